The molecule has 4 rings (SSSR count). The van der Waals surface area contributed by atoms with Crippen molar-refractivity contribution in [1.82, 2.24) is 15.3 Å². The summed E-state index contributed by atoms with van der Waals surface area (Å²) >= 11 is 8.36. The molecule has 6 nitrogen and oxygen atoms in total. The Hall–Kier alpha value is -2.66. The number of rotatable bonds is 6. The van der Waals surface area contributed by atoms with Crippen LogP contribution in [0.1, 0.15) is 31.2 Å². The molecule has 1 aliphatic rings. The van der Waals surface area contributed by atoms with E-state index in [4.69, 9.17) is 22.2 Å². The largest absolute Gasteiger partial charge is 0.418 e. The van der Waals surface area contributed by atoms with Gasteiger partial charge in [0.1, 0.15) is 5.82 Å². The standard InChI is InChI=1S/C25H28BrF3N6S/c1-35(2)22-18-5-3-4-6-20(18)32-23(34-22)31-17-10-7-15(8-11-17)14-30-24(36)33-21-12-9-16(26)13-19(21)25(27,28)29/h3-6,9,12-13,15,17H,7-8,10-11,14H2,1-2H3,(H2,30,33,36)(H,31,32,34)/t15-,17+. The topological polar surface area (TPSA) is 65.1 Å². The Kier molecular flexibility index (Phi) is 8.19. The normalized spacial score (nSPS) is 18.1. The zero-order chi connectivity index (χ0) is 25.9. The van der Waals surface area contributed by atoms with Gasteiger partial charge in [0, 0.05) is 36.5 Å². The minimum atomic E-state index is -4.48. The minimum absolute atomic E-state index is 0.0661. The summed E-state index contributed by atoms with van der Waals surface area (Å²) in [5.41, 5.74) is 0.0709. The summed E-state index contributed by atoms with van der Waals surface area (Å²) in [6.45, 7) is 0.605. The van der Waals surface area contributed by atoms with Crippen molar-refractivity contribution < 1.29 is 13.2 Å². The van der Waals surface area contributed by atoms with E-state index in [0.29, 0.717) is 22.9 Å². The van der Waals surface area contributed by atoms with E-state index < -0.39 is 11.7 Å². The zero-order valence-corrected chi connectivity index (χ0v) is 22.4. The van der Waals surface area contributed by atoms with Gasteiger partial charge in [-0.2, -0.15) is 18.2 Å². The molecular weight excluding hydrogens is 553 g/mol. The number of anilines is 3. The summed E-state index contributed by atoms with van der Waals surface area (Å²) in [5, 5.41) is 10.5. The van der Waals surface area contributed by atoms with E-state index >= 15 is 0 Å². The van der Waals surface area contributed by atoms with E-state index in [-0.39, 0.29) is 16.8 Å². The van der Waals surface area contributed by atoms with Crippen LogP contribution in [0.4, 0.5) is 30.6 Å². The fourth-order valence-corrected chi connectivity index (χ4v) is 4.98. The maximum atomic E-state index is 13.3. The van der Waals surface area contributed by atoms with Gasteiger partial charge in [-0.3, -0.25) is 0 Å². The van der Waals surface area contributed by atoms with E-state index in [9.17, 15) is 13.2 Å². The van der Waals surface area contributed by atoms with Crippen LogP contribution in [0.25, 0.3) is 10.9 Å². The lowest BCUT2D eigenvalue weighted by Crippen LogP contribution is -2.36. The van der Waals surface area contributed by atoms with Crippen molar-refractivity contribution in [3.63, 3.8) is 0 Å². The molecule has 0 bridgehead atoms. The van der Waals surface area contributed by atoms with Crippen LogP contribution in [0.15, 0.2) is 46.9 Å². The van der Waals surface area contributed by atoms with E-state index in [1.807, 2.05) is 43.3 Å². The molecule has 1 heterocycles. The molecule has 0 saturated heterocycles. The van der Waals surface area contributed by atoms with E-state index in [0.717, 1.165) is 48.5 Å². The van der Waals surface area contributed by atoms with Gasteiger partial charge in [-0.25, -0.2) is 4.98 Å². The number of hydrogen-bond donors (Lipinski definition) is 3. The molecule has 3 N–H and O–H groups in total. The predicted molar refractivity (Wildman–Crippen MR) is 147 cm³/mol. The first kappa shape index (κ1) is 26.4. The molecule has 1 aliphatic carbocycles. The predicted octanol–water partition coefficient (Wildman–Crippen LogP) is 6.43. The number of fused-ring (bicyclic) bond motifs is 1. The maximum absolute atomic E-state index is 13.3. The molecule has 0 spiro atoms. The third-order valence-corrected chi connectivity index (χ3v) is 7.01. The van der Waals surface area contributed by atoms with E-state index in [1.54, 1.807) is 6.07 Å². The maximum Gasteiger partial charge on any atom is 0.418 e. The van der Waals surface area contributed by atoms with E-state index in [1.165, 1.54) is 6.07 Å². The summed E-state index contributed by atoms with van der Waals surface area (Å²) < 4.78 is 40.4. The van der Waals surface area contributed by atoms with Gasteiger partial charge in [0.2, 0.25) is 5.95 Å². The Morgan fingerprint density at radius 2 is 1.81 bits per heavy atom. The Bertz CT molecular complexity index is 1230. The van der Waals surface area contributed by atoms with Gasteiger partial charge in [-0.1, -0.05) is 28.1 Å². The van der Waals surface area contributed by atoms with Crippen LogP contribution in [0.2, 0.25) is 0 Å². The second-order valence-corrected chi connectivity index (χ2v) is 10.5. The first-order valence-electron chi connectivity index (χ1n) is 11.7. The molecule has 0 aliphatic heterocycles. The van der Waals surface area contributed by atoms with Crippen LogP contribution < -0.4 is 20.9 Å². The number of nitrogens with zero attached hydrogens (tertiary/aromatic N) is 3. The lowest BCUT2D eigenvalue weighted by atomic mass is 9.86. The third kappa shape index (κ3) is 6.56. The second-order valence-electron chi connectivity index (χ2n) is 9.17. The number of para-hydroxylation sites is 1. The van der Waals surface area contributed by atoms with Gasteiger partial charge in [0.25, 0.3) is 0 Å². The fraction of sp³-hybridized carbons (Fsp3) is 0.400. The van der Waals surface area contributed by atoms with Gasteiger partial charge in [-0.15, -0.1) is 0 Å². The summed E-state index contributed by atoms with van der Waals surface area (Å²) in [6, 6.07) is 12.2. The fourth-order valence-electron chi connectivity index (χ4n) is 4.42. The Morgan fingerprint density at radius 1 is 1.08 bits per heavy atom. The molecule has 11 heteroatoms. The number of alkyl halides is 3. The van der Waals surface area contributed by atoms with Crippen molar-refractivity contribution in [3.05, 3.63) is 52.5 Å². The van der Waals surface area contributed by atoms with Crippen LogP contribution >= 0.6 is 28.1 Å². The zero-order valence-electron chi connectivity index (χ0n) is 20.0. The van der Waals surface area contributed by atoms with Crippen LogP contribution in [-0.2, 0) is 6.18 Å². The molecule has 192 valence electrons. The molecule has 3 aromatic rings. The first-order chi connectivity index (χ1) is 17.1. The Balaban J connectivity index is 1.29. The molecular formula is C25H28BrF3N6S. The molecule has 2 aromatic carbocycles. The molecule has 1 fully saturated rings. The summed E-state index contributed by atoms with van der Waals surface area (Å²) in [6.07, 6.45) is -0.647. The summed E-state index contributed by atoms with van der Waals surface area (Å²) in [4.78, 5) is 11.4. The van der Waals surface area contributed by atoms with Crippen LogP contribution in [0.5, 0.6) is 0 Å². The number of nitrogens with one attached hydrogen (secondary N) is 3. The average Bonchev–Trinajstić information content (AvgIpc) is 2.83. The van der Waals surface area contributed by atoms with Crippen LogP contribution in [-0.4, -0.2) is 41.8 Å². The Morgan fingerprint density at radius 3 is 2.50 bits per heavy atom. The van der Waals surface area contributed by atoms with Crippen LogP contribution in [0.3, 0.4) is 0 Å². The summed E-state index contributed by atoms with van der Waals surface area (Å²) in [5.74, 6) is 1.88. The van der Waals surface area contributed by atoms with Gasteiger partial charge < -0.3 is 20.9 Å². The molecule has 36 heavy (non-hydrogen) atoms. The lowest BCUT2D eigenvalue weighted by molar-refractivity contribution is -0.136. The SMILES string of the molecule is CN(C)c1nc(N[C@H]2CC[C@@H](CNC(=S)Nc3ccc(Br)cc3C(F)(F)F)CC2)nc2ccccc12. The van der Waals surface area contributed by atoms with Crippen molar-refractivity contribution in [2.75, 3.05) is 36.2 Å². The van der Waals surface area contributed by atoms with Crippen molar-refractivity contribution in [3.8, 4) is 0 Å². The molecule has 0 unspecified atom stereocenters. The van der Waals surface area contributed by atoms with Gasteiger partial charge in [-0.05, 0) is 74.2 Å². The lowest BCUT2D eigenvalue weighted by Gasteiger charge is -2.30. The van der Waals surface area contributed by atoms with Crippen molar-refractivity contribution in [2.45, 2.75) is 37.9 Å². The first-order valence-corrected chi connectivity index (χ1v) is 12.9. The monoisotopic (exact) mass is 580 g/mol. The molecule has 1 saturated carbocycles. The van der Waals surface area contributed by atoms with E-state index in [2.05, 4.69) is 31.9 Å². The second kappa shape index (κ2) is 11.2. The molecule has 0 atom stereocenters. The van der Waals surface area contributed by atoms with Gasteiger partial charge >= 0.3 is 6.18 Å². The highest BCUT2D eigenvalue weighted by atomic mass is 79.9. The third-order valence-electron chi connectivity index (χ3n) is 6.27. The van der Waals surface area contributed by atoms with Gasteiger partial charge in [0.05, 0.1) is 16.8 Å². The average molecular weight is 582 g/mol. The quantitative estimate of drug-likeness (QED) is 0.290. The molecule has 0 amide bonds. The van der Waals surface area contributed by atoms with Gasteiger partial charge in [0.15, 0.2) is 5.11 Å². The molecule has 0 radical (unpaired) electrons. The minimum Gasteiger partial charge on any atom is -0.362 e. The number of aromatic nitrogens is 2. The number of thiocarbonyl (C=S) groups is 1. The highest BCUT2D eigenvalue weighted by Gasteiger charge is 2.34. The van der Waals surface area contributed by atoms with Crippen molar-refractivity contribution in [2.24, 2.45) is 5.92 Å². The summed E-state index contributed by atoms with van der Waals surface area (Å²) in [7, 11) is 3.94. The highest BCUT2D eigenvalue weighted by molar-refractivity contribution is 9.10. The number of halogens is 4. The van der Waals surface area contributed by atoms with Crippen molar-refractivity contribution in [1.29, 1.82) is 0 Å². The smallest absolute Gasteiger partial charge is 0.362 e. The highest BCUT2D eigenvalue weighted by Crippen LogP contribution is 2.36. The van der Waals surface area contributed by atoms with Crippen LogP contribution in [0, 0.1) is 5.92 Å². The Labute approximate surface area is 222 Å². The number of hydrogen-bond acceptors (Lipinski definition) is 5. The number of benzene rings is 2. The molecule has 1 aromatic heterocycles. The van der Waals surface area contributed by atoms with Crippen molar-refractivity contribution >= 4 is 61.6 Å².